The van der Waals surface area contributed by atoms with Crippen molar-refractivity contribution in [3.05, 3.63) is 272 Å². The van der Waals surface area contributed by atoms with Gasteiger partial charge in [0.05, 0.1) is 0 Å². The van der Waals surface area contributed by atoms with Crippen LogP contribution in [0.4, 0.5) is 0 Å². The van der Waals surface area contributed by atoms with E-state index in [9.17, 15) is 0 Å². The van der Waals surface area contributed by atoms with E-state index in [0.29, 0.717) is 0 Å². The molecule has 0 spiro atoms. The van der Waals surface area contributed by atoms with Crippen LogP contribution in [-0.4, -0.2) is 8.07 Å². The average molecular weight is 807 g/mol. The summed E-state index contributed by atoms with van der Waals surface area (Å²) in [6.07, 6.45) is 0. The summed E-state index contributed by atoms with van der Waals surface area (Å²) in [4.78, 5) is 0. The lowest BCUT2D eigenvalue weighted by Gasteiger charge is -2.38. The molecular formula is C61H46Si. The number of rotatable bonds is 11. The third-order valence-corrected chi connectivity index (χ3v) is 17.4. The normalized spacial score (nSPS) is 11.3. The van der Waals surface area contributed by atoms with Crippen LogP contribution >= 0.6 is 0 Å². The average Bonchev–Trinajstić information content (AvgIpc) is 3.37. The van der Waals surface area contributed by atoms with Crippen LogP contribution in [0.2, 0.25) is 0 Å². The van der Waals surface area contributed by atoms with Gasteiger partial charge in [0.25, 0.3) is 0 Å². The Morgan fingerprint density at radius 3 is 0.726 bits per heavy atom. The second-order valence-electron chi connectivity index (χ2n) is 16.0. The van der Waals surface area contributed by atoms with Crippen molar-refractivity contribution >= 4 is 23.6 Å². The van der Waals surface area contributed by atoms with Crippen molar-refractivity contribution in [2.45, 2.75) is 6.04 Å². The zero-order chi connectivity index (χ0) is 41.6. The lowest BCUT2D eigenvalue weighted by Crippen LogP contribution is -2.70. The fourth-order valence-corrected chi connectivity index (χ4v) is 14.9. The molecule has 0 heterocycles. The molecule has 0 aliphatic carbocycles. The van der Waals surface area contributed by atoms with Crippen molar-refractivity contribution in [1.82, 2.24) is 0 Å². The van der Waals surface area contributed by atoms with E-state index in [0.717, 1.165) is 6.04 Å². The van der Waals surface area contributed by atoms with Crippen molar-refractivity contribution in [2.24, 2.45) is 0 Å². The van der Waals surface area contributed by atoms with Gasteiger partial charge in [-0.3, -0.25) is 0 Å². The highest BCUT2D eigenvalue weighted by Gasteiger charge is 2.44. The highest BCUT2D eigenvalue weighted by molar-refractivity contribution is 7.13. The molecule has 1 heteroatoms. The first-order valence-electron chi connectivity index (χ1n) is 21.5. The second-order valence-corrected chi connectivity index (χ2v) is 19.8. The summed E-state index contributed by atoms with van der Waals surface area (Å²) < 4.78 is 0. The monoisotopic (exact) mass is 806 g/mol. The molecule has 0 radical (unpaired) electrons. The van der Waals surface area contributed by atoms with Crippen LogP contribution in [0.15, 0.2) is 267 Å². The molecule has 0 fully saturated rings. The third kappa shape index (κ3) is 7.67. The molecule has 0 aliphatic heterocycles. The summed E-state index contributed by atoms with van der Waals surface area (Å²) >= 11 is 0. The lowest BCUT2D eigenvalue weighted by molar-refractivity contribution is 1.34. The van der Waals surface area contributed by atoms with Gasteiger partial charge < -0.3 is 0 Å². The summed E-state index contributed by atoms with van der Waals surface area (Å²) in [6, 6.07) is 99.6. The zero-order valence-electron chi connectivity index (χ0n) is 34.6. The molecule has 10 rings (SSSR count). The molecule has 0 nitrogen and oxygen atoms in total. The topological polar surface area (TPSA) is 0 Å². The first-order chi connectivity index (χ1) is 30.7. The Bertz CT molecular complexity index is 2720. The van der Waals surface area contributed by atoms with Crippen LogP contribution < -0.4 is 15.6 Å². The quantitative estimate of drug-likeness (QED) is 0.0902. The molecule has 0 saturated carbocycles. The molecule has 0 amide bonds. The molecule has 62 heavy (non-hydrogen) atoms. The largest absolute Gasteiger partial charge is 0.154 e. The minimum atomic E-state index is -3.08. The van der Waals surface area contributed by atoms with Gasteiger partial charge in [-0.2, -0.15) is 0 Å². The Hall–Kier alpha value is -7.58. The van der Waals surface area contributed by atoms with Gasteiger partial charge in [0.15, 0.2) is 8.07 Å². The highest BCUT2D eigenvalue weighted by atomic mass is 28.3. The SMILES string of the molecule is c1ccc(C[Si](c2ccccc2-c2ccc(-c3ccccc3)cc2)(c2ccccc2-c2ccc(-c3ccccc3)cc2)c2ccccc2-c2ccc(-c3ccccc3)cc2)cc1. The number of benzene rings is 10. The minimum absolute atomic E-state index is 0.880. The smallest absolute Gasteiger partial charge is 0.0623 e. The second kappa shape index (κ2) is 17.6. The van der Waals surface area contributed by atoms with E-state index in [4.69, 9.17) is 0 Å². The molecular weight excluding hydrogens is 761 g/mol. The van der Waals surface area contributed by atoms with Crippen LogP contribution in [0.5, 0.6) is 0 Å². The Labute approximate surface area is 367 Å². The first kappa shape index (κ1) is 38.6. The van der Waals surface area contributed by atoms with E-state index in [2.05, 4.69) is 267 Å². The van der Waals surface area contributed by atoms with Crippen molar-refractivity contribution in [1.29, 1.82) is 0 Å². The van der Waals surface area contributed by atoms with E-state index < -0.39 is 8.07 Å². The van der Waals surface area contributed by atoms with Crippen molar-refractivity contribution in [3.63, 3.8) is 0 Å². The molecule has 10 aromatic carbocycles. The Morgan fingerprint density at radius 2 is 0.419 bits per heavy atom. The fourth-order valence-electron chi connectivity index (χ4n) is 9.36. The van der Waals surface area contributed by atoms with E-state index >= 15 is 0 Å². The molecule has 0 aromatic heterocycles. The van der Waals surface area contributed by atoms with Gasteiger partial charge in [0, 0.05) is 0 Å². The molecule has 0 N–H and O–H groups in total. The molecule has 0 unspecified atom stereocenters. The molecule has 10 aromatic rings. The van der Waals surface area contributed by atoms with Crippen LogP contribution in [0, 0.1) is 0 Å². The van der Waals surface area contributed by atoms with Gasteiger partial charge in [-0.1, -0.05) is 267 Å². The maximum absolute atomic E-state index is 3.08. The van der Waals surface area contributed by atoms with Crippen molar-refractivity contribution < 1.29 is 0 Å². The van der Waals surface area contributed by atoms with E-state index in [1.165, 1.54) is 87.9 Å². The minimum Gasteiger partial charge on any atom is -0.0623 e. The molecule has 0 aliphatic rings. The third-order valence-electron chi connectivity index (χ3n) is 12.4. The van der Waals surface area contributed by atoms with Gasteiger partial charge in [0.2, 0.25) is 0 Å². The number of hydrogen-bond donors (Lipinski definition) is 0. The molecule has 0 bridgehead atoms. The molecule has 0 atom stereocenters. The standard InChI is InChI=1S/C61H46Si/c1-5-19-46(20-6-1)45-62(59-30-16-13-27-56(59)53-39-33-50(34-40-53)47-21-7-2-8-22-47,60-31-17-14-28-57(60)54-41-35-51(36-42-54)48-23-9-3-10-24-48)61-32-18-15-29-58(61)55-43-37-52(38-44-55)49-25-11-4-12-26-49/h1-44H,45H2. The zero-order valence-corrected chi connectivity index (χ0v) is 35.6. The van der Waals surface area contributed by atoms with Gasteiger partial charge in [-0.05, 0) is 93.9 Å². The first-order valence-corrected chi connectivity index (χ1v) is 23.8. The van der Waals surface area contributed by atoms with Crippen molar-refractivity contribution in [2.75, 3.05) is 0 Å². The van der Waals surface area contributed by atoms with Crippen LogP contribution in [0.25, 0.3) is 66.8 Å². The lowest BCUT2D eigenvalue weighted by atomic mass is 10.00. The van der Waals surface area contributed by atoms with Crippen LogP contribution in [0.1, 0.15) is 5.56 Å². The highest BCUT2D eigenvalue weighted by Crippen LogP contribution is 2.33. The summed E-state index contributed by atoms with van der Waals surface area (Å²) in [5.41, 5.74) is 16.1. The Kier molecular flexibility index (Phi) is 10.9. The van der Waals surface area contributed by atoms with E-state index in [-0.39, 0.29) is 0 Å². The van der Waals surface area contributed by atoms with Crippen LogP contribution in [0.3, 0.4) is 0 Å². The summed E-state index contributed by atoms with van der Waals surface area (Å²) in [7, 11) is -3.08. The van der Waals surface area contributed by atoms with Gasteiger partial charge in [-0.15, -0.1) is 0 Å². The molecule has 0 saturated heterocycles. The fraction of sp³-hybridized carbons (Fsp3) is 0.0164. The van der Waals surface area contributed by atoms with Gasteiger partial charge >= 0.3 is 0 Å². The Balaban J connectivity index is 1.24. The predicted molar refractivity (Wildman–Crippen MR) is 267 cm³/mol. The molecule has 294 valence electrons. The number of hydrogen-bond acceptors (Lipinski definition) is 0. The van der Waals surface area contributed by atoms with Crippen LogP contribution in [-0.2, 0) is 6.04 Å². The van der Waals surface area contributed by atoms with Gasteiger partial charge in [-0.25, -0.2) is 0 Å². The Morgan fingerprint density at radius 1 is 0.194 bits per heavy atom. The summed E-state index contributed by atoms with van der Waals surface area (Å²) in [6.45, 7) is 0. The van der Waals surface area contributed by atoms with Crippen molar-refractivity contribution in [3.8, 4) is 66.8 Å². The summed E-state index contributed by atoms with van der Waals surface area (Å²) in [5, 5.41) is 4.20. The maximum Gasteiger partial charge on any atom is 0.154 e. The van der Waals surface area contributed by atoms with Gasteiger partial charge in [0.1, 0.15) is 0 Å². The van der Waals surface area contributed by atoms with E-state index in [1.807, 2.05) is 0 Å². The maximum atomic E-state index is 2.44. The van der Waals surface area contributed by atoms with E-state index in [1.54, 1.807) is 0 Å². The predicted octanol–water partition coefficient (Wildman–Crippen LogP) is 13.9. The summed E-state index contributed by atoms with van der Waals surface area (Å²) in [5.74, 6) is 0.